The molecule has 0 aromatic carbocycles. The Morgan fingerprint density at radius 2 is 2.05 bits per heavy atom. The lowest BCUT2D eigenvalue weighted by atomic mass is 10.1. The number of pyridine rings is 1. The van der Waals surface area contributed by atoms with Crippen molar-refractivity contribution in [2.75, 3.05) is 31.1 Å². The van der Waals surface area contributed by atoms with E-state index in [9.17, 15) is 0 Å². The van der Waals surface area contributed by atoms with Crippen LogP contribution >= 0.6 is 0 Å². The third-order valence-electron chi connectivity index (χ3n) is 4.09. The van der Waals surface area contributed by atoms with Gasteiger partial charge in [-0.2, -0.15) is 0 Å². The number of likely N-dealkylation sites (N-methyl/N-ethyl adjacent to an activating group) is 1. The first-order valence-electron chi connectivity index (χ1n) is 8.09. The topological polar surface area (TPSA) is 31.4 Å². The molecule has 1 saturated heterocycles. The number of anilines is 1. The van der Waals surface area contributed by atoms with E-state index in [4.69, 9.17) is 4.98 Å². The monoisotopic (exact) mass is 290 g/mol. The molecule has 0 saturated carbocycles. The van der Waals surface area contributed by atoms with Crippen molar-refractivity contribution < 1.29 is 0 Å². The molecule has 0 aliphatic carbocycles. The summed E-state index contributed by atoms with van der Waals surface area (Å²) in [6, 6.07) is 6.96. The summed E-state index contributed by atoms with van der Waals surface area (Å²) >= 11 is 0. The lowest BCUT2D eigenvalue weighted by Gasteiger charge is -2.40. The molecule has 21 heavy (non-hydrogen) atoms. The van der Waals surface area contributed by atoms with Crippen LogP contribution < -0.4 is 10.2 Å². The quantitative estimate of drug-likeness (QED) is 0.923. The lowest BCUT2D eigenvalue weighted by molar-refractivity contribution is 0.199. The van der Waals surface area contributed by atoms with E-state index in [0.717, 1.165) is 44.2 Å². The second-order valence-electron chi connectivity index (χ2n) is 7.01. The van der Waals surface area contributed by atoms with Crippen molar-refractivity contribution in [3.63, 3.8) is 0 Å². The molecule has 0 bridgehead atoms. The third-order valence-corrected chi connectivity index (χ3v) is 4.09. The zero-order chi connectivity index (χ0) is 15.5. The Balaban J connectivity index is 2.01. The normalized spacial score (nSPS) is 20.8. The first kappa shape index (κ1) is 16.2. The molecule has 118 valence electrons. The van der Waals surface area contributed by atoms with Gasteiger partial charge in [0, 0.05) is 37.8 Å². The number of aromatic nitrogens is 1. The van der Waals surface area contributed by atoms with Gasteiger partial charge in [0.25, 0.3) is 0 Å². The number of rotatable bonds is 4. The molecule has 0 spiro atoms. The van der Waals surface area contributed by atoms with Gasteiger partial charge < -0.3 is 10.2 Å². The van der Waals surface area contributed by atoms with E-state index in [0.29, 0.717) is 6.04 Å². The van der Waals surface area contributed by atoms with Gasteiger partial charge in [0.1, 0.15) is 5.82 Å². The Kier molecular flexibility index (Phi) is 5.22. The minimum atomic E-state index is 0.124. The molecule has 2 heterocycles. The molecule has 1 aromatic rings. The van der Waals surface area contributed by atoms with E-state index in [1.54, 1.807) is 0 Å². The highest BCUT2D eigenvalue weighted by Gasteiger charge is 2.23. The summed E-state index contributed by atoms with van der Waals surface area (Å²) in [6.07, 6.45) is 0. The minimum Gasteiger partial charge on any atom is -0.354 e. The summed E-state index contributed by atoms with van der Waals surface area (Å²) in [6.45, 7) is 16.3. The summed E-state index contributed by atoms with van der Waals surface area (Å²) in [4.78, 5) is 9.77. The van der Waals surface area contributed by atoms with Crippen LogP contribution in [0.1, 0.15) is 40.3 Å². The fourth-order valence-electron chi connectivity index (χ4n) is 2.77. The SMILES string of the molecule is CCN1CCN(c2cccc(CNC(C)(C)C)n2)CC1C. The molecule has 1 fully saturated rings. The van der Waals surface area contributed by atoms with E-state index in [1.165, 1.54) is 0 Å². The molecule has 0 amide bonds. The van der Waals surface area contributed by atoms with Gasteiger partial charge in [-0.1, -0.05) is 13.0 Å². The van der Waals surface area contributed by atoms with E-state index < -0.39 is 0 Å². The Hall–Kier alpha value is -1.13. The Labute approximate surface area is 129 Å². The molecule has 1 N–H and O–H groups in total. The summed E-state index contributed by atoms with van der Waals surface area (Å²) in [5.41, 5.74) is 1.24. The van der Waals surface area contributed by atoms with Gasteiger partial charge in [0.05, 0.1) is 5.69 Å². The molecule has 2 rings (SSSR count). The van der Waals surface area contributed by atoms with Crippen LogP contribution in [0, 0.1) is 0 Å². The van der Waals surface area contributed by atoms with E-state index in [1.807, 2.05) is 0 Å². The van der Waals surface area contributed by atoms with Crippen LogP contribution in [-0.2, 0) is 6.54 Å². The highest BCUT2D eigenvalue weighted by atomic mass is 15.3. The number of hydrogen-bond acceptors (Lipinski definition) is 4. The van der Waals surface area contributed by atoms with Crippen molar-refractivity contribution in [1.29, 1.82) is 0 Å². The van der Waals surface area contributed by atoms with Gasteiger partial charge >= 0.3 is 0 Å². The summed E-state index contributed by atoms with van der Waals surface area (Å²) in [5, 5.41) is 3.50. The van der Waals surface area contributed by atoms with Crippen LogP contribution in [-0.4, -0.2) is 47.6 Å². The smallest absolute Gasteiger partial charge is 0.128 e. The molecule has 4 heteroatoms. The maximum absolute atomic E-state index is 4.83. The number of hydrogen-bond donors (Lipinski definition) is 1. The maximum atomic E-state index is 4.83. The van der Waals surface area contributed by atoms with Gasteiger partial charge in [-0.25, -0.2) is 4.98 Å². The average Bonchev–Trinajstić information content (AvgIpc) is 2.44. The van der Waals surface area contributed by atoms with E-state index in [2.05, 4.69) is 67.9 Å². The van der Waals surface area contributed by atoms with Crippen LogP contribution in [0.5, 0.6) is 0 Å². The van der Waals surface area contributed by atoms with Crippen LogP contribution in [0.25, 0.3) is 0 Å². The Morgan fingerprint density at radius 3 is 2.67 bits per heavy atom. The Morgan fingerprint density at radius 1 is 1.29 bits per heavy atom. The van der Waals surface area contributed by atoms with Crippen molar-refractivity contribution in [3.8, 4) is 0 Å². The maximum Gasteiger partial charge on any atom is 0.128 e. The highest BCUT2D eigenvalue weighted by molar-refractivity contribution is 5.40. The summed E-state index contributed by atoms with van der Waals surface area (Å²) < 4.78 is 0. The standard InChI is InChI=1S/C17H30N4/c1-6-20-10-11-21(13-14(20)2)16-9-7-8-15(19-16)12-18-17(3,4)5/h7-9,14,18H,6,10-13H2,1-5H3. The van der Waals surface area contributed by atoms with E-state index >= 15 is 0 Å². The second kappa shape index (κ2) is 6.75. The molecular weight excluding hydrogens is 260 g/mol. The van der Waals surface area contributed by atoms with Crippen molar-refractivity contribution in [3.05, 3.63) is 23.9 Å². The highest BCUT2D eigenvalue weighted by Crippen LogP contribution is 2.17. The second-order valence-corrected chi connectivity index (χ2v) is 7.01. The average molecular weight is 290 g/mol. The number of nitrogens with zero attached hydrogens (tertiary/aromatic N) is 3. The van der Waals surface area contributed by atoms with Crippen molar-refractivity contribution in [2.24, 2.45) is 0 Å². The zero-order valence-electron chi connectivity index (χ0n) is 14.2. The van der Waals surface area contributed by atoms with Crippen molar-refractivity contribution >= 4 is 5.82 Å². The van der Waals surface area contributed by atoms with Crippen LogP contribution in [0.3, 0.4) is 0 Å². The van der Waals surface area contributed by atoms with Gasteiger partial charge in [0.2, 0.25) is 0 Å². The number of nitrogens with one attached hydrogen (secondary N) is 1. The first-order chi connectivity index (χ1) is 9.89. The number of piperazine rings is 1. The van der Waals surface area contributed by atoms with Gasteiger partial charge in [-0.3, -0.25) is 4.90 Å². The molecular formula is C17H30N4. The van der Waals surface area contributed by atoms with Crippen LogP contribution in [0.4, 0.5) is 5.82 Å². The van der Waals surface area contributed by atoms with E-state index in [-0.39, 0.29) is 5.54 Å². The fraction of sp³-hybridized carbons (Fsp3) is 0.706. The minimum absolute atomic E-state index is 0.124. The molecule has 1 atom stereocenters. The third kappa shape index (κ3) is 4.68. The molecule has 0 radical (unpaired) electrons. The predicted octanol–water partition coefficient (Wildman–Crippen LogP) is 2.50. The van der Waals surface area contributed by atoms with Gasteiger partial charge in [-0.05, 0) is 46.4 Å². The molecule has 1 aliphatic rings. The van der Waals surface area contributed by atoms with Crippen molar-refractivity contribution in [1.82, 2.24) is 15.2 Å². The van der Waals surface area contributed by atoms with Gasteiger partial charge in [-0.15, -0.1) is 0 Å². The summed E-state index contributed by atoms with van der Waals surface area (Å²) in [5.74, 6) is 1.12. The van der Waals surface area contributed by atoms with Gasteiger partial charge in [0.15, 0.2) is 0 Å². The largest absolute Gasteiger partial charge is 0.354 e. The molecule has 1 unspecified atom stereocenters. The molecule has 4 nitrogen and oxygen atoms in total. The predicted molar refractivity (Wildman–Crippen MR) is 89.8 cm³/mol. The zero-order valence-corrected chi connectivity index (χ0v) is 14.2. The lowest BCUT2D eigenvalue weighted by Crippen LogP contribution is -2.52. The van der Waals surface area contributed by atoms with Crippen molar-refractivity contribution in [2.45, 2.75) is 52.7 Å². The first-order valence-corrected chi connectivity index (χ1v) is 8.09. The van der Waals surface area contributed by atoms with Crippen LogP contribution in [0.2, 0.25) is 0 Å². The summed E-state index contributed by atoms with van der Waals surface area (Å²) in [7, 11) is 0. The molecule has 1 aromatic heterocycles. The van der Waals surface area contributed by atoms with Crippen LogP contribution in [0.15, 0.2) is 18.2 Å². The molecule has 1 aliphatic heterocycles. The fourth-order valence-corrected chi connectivity index (χ4v) is 2.77. The Bertz CT molecular complexity index is 452.